The highest BCUT2D eigenvalue weighted by molar-refractivity contribution is 5.93. The normalized spacial score (nSPS) is 10.7. The van der Waals surface area contributed by atoms with Crippen LogP contribution in [0.1, 0.15) is 21.9 Å². The number of carbonyl (C=O) groups is 1. The van der Waals surface area contributed by atoms with E-state index in [0.29, 0.717) is 17.9 Å². The Labute approximate surface area is 131 Å². The Morgan fingerprint density at radius 3 is 2.70 bits per heavy atom. The molecule has 6 nitrogen and oxygen atoms in total. The quantitative estimate of drug-likeness (QED) is 0.803. The fraction of sp³-hybridized carbons (Fsp3) is 0.188. The molecular formula is C16H15FN4O2. The van der Waals surface area contributed by atoms with E-state index in [2.05, 4.69) is 15.6 Å². The minimum atomic E-state index is -0.356. The van der Waals surface area contributed by atoms with Gasteiger partial charge in [-0.25, -0.2) is 4.39 Å². The largest absolute Gasteiger partial charge is 0.355 e. The Hall–Kier alpha value is -2.96. The van der Waals surface area contributed by atoms with Crippen molar-refractivity contribution in [3.63, 3.8) is 0 Å². The van der Waals surface area contributed by atoms with Gasteiger partial charge >= 0.3 is 0 Å². The van der Waals surface area contributed by atoms with Gasteiger partial charge in [-0.05, 0) is 37.3 Å². The smallest absolute Gasteiger partial charge is 0.273 e. The number of nitrogens with one attached hydrogen (secondary N) is 1. The second-order valence-corrected chi connectivity index (χ2v) is 5.17. The maximum atomic E-state index is 12.9. The van der Waals surface area contributed by atoms with Crippen LogP contribution in [-0.4, -0.2) is 20.8 Å². The first-order valence-electron chi connectivity index (χ1n) is 7.03. The Balaban J connectivity index is 1.67. The summed E-state index contributed by atoms with van der Waals surface area (Å²) in [6, 6.07) is 9.18. The van der Waals surface area contributed by atoms with E-state index in [9.17, 15) is 9.18 Å². The fourth-order valence-electron chi connectivity index (χ4n) is 2.12. The van der Waals surface area contributed by atoms with Crippen molar-refractivity contribution in [2.75, 3.05) is 0 Å². The number of hydrogen-bond donors (Lipinski definition) is 1. The van der Waals surface area contributed by atoms with Gasteiger partial charge in [0.25, 0.3) is 5.91 Å². The highest BCUT2D eigenvalue weighted by atomic mass is 19.1. The van der Waals surface area contributed by atoms with Gasteiger partial charge in [-0.3, -0.25) is 9.48 Å². The molecule has 23 heavy (non-hydrogen) atoms. The third kappa shape index (κ3) is 3.28. The summed E-state index contributed by atoms with van der Waals surface area (Å²) in [5.41, 5.74) is 2.59. The Kier molecular flexibility index (Phi) is 3.92. The molecule has 0 aliphatic rings. The molecule has 0 bridgehead atoms. The van der Waals surface area contributed by atoms with Crippen LogP contribution in [0.15, 0.2) is 40.9 Å². The molecule has 1 amide bonds. The molecule has 7 heteroatoms. The highest BCUT2D eigenvalue weighted by Gasteiger charge is 2.14. The van der Waals surface area contributed by atoms with Gasteiger partial charge in [-0.15, -0.1) is 0 Å². The second-order valence-electron chi connectivity index (χ2n) is 5.17. The third-order valence-corrected chi connectivity index (χ3v) is 3.47. The van der Waals surface area contributed by atoms with Crippen LogP contribution in [0.2, 0.25) is 0 Å². The lowest BCUT2D eigenvalue weighted by molar-refractivity contribution is 0.0941. The van der Waals surface area contributed by atoms with Gasteiger partial charge in [0.1, 0.15) is 5.82 Å². The summed E-state index contributed by atoms with van der Waals surface area (Å²) < 4.78 is 19.8. The zero-order chi connectivity index (χ0) is 16.4. The molecular weight excluding hydrogens is 299 g/mol. The molecule has 0 spiro atoms. The molecule has 2 aromatic heterocycles. The van der Waals surface area contributed by atoms with Crippen molar-refractivity contribution in [3.8, 4) is 11.3 Å². The average Bonchev–Trinajstić information content (AvgIpc) is 3.13. The summed E-state index contributed by atoms with van der Waals surface area (Å²) in [7, 11) is 1.84. The van der Waals surface area contributed by atoms with Crippen molar-refractivity contribution in [2.45, 2.75) is 13.5 Å². The zero-order valence-electron chi connectivity index (χ0n) is 12.7. The van der Waals surface area contributed by atoms with Crippen molar-refractivity contribution in [1.29, 1.82) is 0 Å². The number of rotatable bonds is 4. The first kappa shape index (κ1) is 15.0. The van der Waals surface area contributed by atoms with Gasteiger partial charge in [0.2, 0.25) is 0 Å². The minimum Gasteiger partial charge on any atom is -0.355 e. The number of carbonyl (C=O) groups excluding carboxylic acids is 1. The number of aromatic nitrogens is 3. The third-order valence-electron chi connectivity index (χ3n) is 3.47. The summed E-state index contributed by atoms with van der Waals surface area (Å²) in [4.78, 5) is 12.1. The van der Waals surface area contributed by atoms with E-state index in [-0.39, 0.29) is 17.4 Å². The number of halogens is 1. The number of hydrogen-bond acceptors (Lipinski definition) is 4. The van der Waals surface area contributed by atoms with E-state index in [4.69, 9.17) is 4.52 Å². The molecule has 0 saturated heterocycles. The molecule has 1 aromatic carbocycles. The molecule has 1 N–H and O–H groups in total. The van der Waals surface area contributed by atoms with E-state index >= 15 is 0 Å². The second kappa shape index (κ2) is 6.04. The van der Waals surface area contributed by atoms with E-state index in [0.717, 1.165) is 11.4 Å². The van der Waals surface area contributed by atoms with Gasteiger partial charge < -0.3 is 9.84 Å². The molecule has 118 valence electrons. The molecule has 2 heterocycles. The molecule has 0 radical (unpaired) electrons. The lowest BCUT2D eigenvalue weighted by Gasteiger charge is -1.98. The van der Waals surface area contributed by atoms with Crippen LogP contribution >= 0.6 is 0 Å². The van der Waals surface area contributed by atoms with Gasteiger partial charge in [0, 0.05) is 24.4 Å². The molecule has 0 unspecified atom stereocenters. The predicted molar refractivity (Wildman–Crippen MR) is 81.0 cm³/mol. The van der Waals surface area contributed by atoms with Crippen LogP contribution in [0, 0.1) is 12.7 Å². The number of nitrogens with zero attached hydrogens (tertiary/aromatic N) is 3. The molecule has 0 atom stereocenters. The van der Waals surface area contributed by atoms with E-state index < -0.39 is 0 Å². The molecule has 0 aliphatic heterocycles. The van der Waals surface area contributed by atoms with E-state index in [1.54, 1.807) is 16.8 Å². The van der Waals surface area contributed by atoms with Crippen molar-refractivity contribution in [2.24, 2.45) is 7.05 Å². The van der Waals surface area contributed by atoms with Gasteiger partial charge in [0.15, 0.2) is 11.5 Å². The molecule has 0 fully saturated rings. The van der Waals surface area contributed by atoms with Crippen LogP contribution in [-0.2, 0) is 13.6 Å². The zero-order valence-corrected chi connectivity index (χ0v) is 12.7. The molecule has 0 aliphatic carbocycles. The van der Waals surface area contributed by atoms with Crippen LogP contribution in [0.4, 0.5) is 4.39 Å². The standard InChI is InChI=1S/C16H15FN4O2/c1-10-7-13(19-21(10)2)9-18-16(22)14-8-15(23-20-14)11-3-5-12(17)6-4-11/h3-8H,9H2,1-2H3,(H,18,22). The van der Waals surface area contributed by atoms with Crippen molar-refractivity contribution in [3.05, 3.63) is 59.3 Å². The van der Waals surface area contributed by atoms with Crippen molar-refractivity contribution < 1.29 is 13.7 Å². The number of amides is 1. The van der Waals surface area contributed by atoms with Gasteiger partial charge in [-0.2, -0.15) is 5.10 Å². The maximum absolute atomic E-state index is 12.9. The van der Waals surface area contributed by atoms with Crippen molar-refractivity contribution in [1.82, 2.24) is 20.3 Å². The van der Waals surface area contributed by atoms with Gasteiger partial charge in [0.05, 0.1) is 12.2 Å². The average molecular weight is 314 g/mol. The van der Waals surface area contributed by atoms with Crippen LogP contribution in [0.3, 0.4) is 0 Å². The van der Waals surface area contributed by atoms with Crippen LogP contribution < -0.4 is 5.32 Å². The monoisotopic (exact) mass is 314 g/mol. The Morgan fingerprint density at radius 1 is 1.30 bits per heavy atom. The Bertz CT molecular complexity index is 817. The summed E-state index contributed by atoms with van der Waals surface area (Å²) in [5, 5.41) is 10.7. The summed E-state index contributed by atoms with van der Waals surface area (Å²) in [6.45, 7) is 2.24. The molecule has 3 rings (SSSR count). The maximum Gasteiger partial charge on any atom is 0.273 e. The van der Waals surface area contributed by atoms with Crippen LogP contribution in [0.5, 0.6) is 0 Å². The molecule has 0 saturated carbocycles. The van der Waals surface area contributed by atoms with E-state index in [1.165, 1.54) is 18.2 Å². The van der Waals surface area contributed by atoms with Crippen LogP contribution in [0.25, 0.3) is 11.3 Å². The first-order valence-corrected chi connectivity index (χ1v) is 7.03. The summed E-state index contributed by atoms with van der Waals surface area (Å²) in [5.74, 6) is -0.286. The van der Waals surface area contributed by atoms with Gasteiger partial charge in [-0.1, -0.05) is 5.16 Å². The summed E-state index contributed by atoms with van der Waals surface area (Å²) in [6.07, 6.45) is 0. The lowest BCUT2D eigenvalue weighted by Crippen LogP contribution is -2.23. The minimum absolute atomic E-state index is 0.164. The fourth-order valence-corrected chi connectivity index (χ4v) is 2.12. The number of benzene rings is 1. The molecule has 3 aromatic rings. The summed E-state index contributed by atoms with van der Waals surface area (Å²) >= 11 is 0. The first-order chi connectivity index (χ1) is 11.0. The van der Waals surface area contributed by atoms with Crippen molar-refractivity contribution >= 4 is 5.91 Å². The number of aryl methyl sites for hydroxylation is 2. The van der Waals surface area contributed by atoms with E-state index in [1.807, 2.05) is 20.0 Å². The lowest BCUT2D eigenvalue weighted by atomic mass is 10.1. The highest BCUT2D eigenvalue weighted by Crippen LogP contribution is 2.20. The topological polar surface area (TPSA) is 73.0 Å². The Morgan fingerprint density at radius 2 is 2.04 bits per heavy atom. The predicted octanol–water partition coefficient (Wildman–Crippen LogP) is 2.45. The SMILES string of the molecule is Cc1cc(CNC(=O)c2cc(-c3ccc(F)cc3)on2)nn1C.